The summed E-state index contributed by atoms with van der Waals surface area (Å²) >= 11 is 0. The summed E-state index contributed by atoms with van der Waals surface area (Å²) in [5, 5.41) is 14.7. The molecule has 0 aliphatic heterocycles. The average Bonchev–Trinajstić information content (AvgIpc) is 2.32. The molecule has 78 valence electrons. The number of hydrogen-bond donors (Lipinski definition) is 0. The Morgan fingerprint density at radius 2 is 2.07 bits per heavy atom. The largest absolute Gasteiger partial charge is 0.550 e. The Kier molecular flexibility index (Phi) is 2.93. The number of carbonyl (C=O) groups is 1. The van der Waals surface area contributed by atoms with Gasteiger partial charge in [0.15, 0.2) is 0 Å². The maximum atomic E-state index is 10.4. The number of carbonyl (C=O) groups excluding carboxylic acids is 1. The van der Waals surface area contributed by atoms with E-state index in [-0.39, 0.29) is 12.5 Å². The van der Waals surface area contributed by atoms with Crippen LogP contribution in [-0.2, 0) is 4.79 Å². The molecule has 0 fully saturated rings. The van der Waals surface area contributed by atoms with Crippen LogP contribution in [0.4, 0.5) is 0 Å². The minimum absolute atomic E-state index is 0.00139. The molecule has 0 saturated carbocycles. The van der Waals surface area contributed by atoms with Gasteiger partial charge in [0.2, 0.25) is 0 Å². The first-order valence-corrected chi connectivity index (χ1v) is 4.65. The number of aromatic nitrogens is 2. The number of aryl methyl sites for hydroxylation is 1. The van der Waals surface area contributed by atoms with E-state index in [1.54, 1.807) is 4.68 Å². The number of carboxylic acids is 1. The fourth-order valence-electron chi connectivity index (χ4n) is 1.50. The van der Waals surface area contributed by atoms with Crippen molar-refractivity contribution in [2.24, 2.45) is 0 Å². The number of aliphatic carboxylic acids is 1. The molecule has 4 heteroatoms. The highest BCUT2D eigenvalue weighted by Crippen LogP contribution is 2.17. The van der Waals surface area contributed by atoms with Crippen LogP contribution in [0.15, 0.2) is 0 Å². The second kappa shape index (κ2) is 3.82. The first kappa shape index (κ1) is 10.8. The van der Waals surface area contributed by atoms with Crippen LogP contribution in [-0.4, -0.2) is 15.7 Å². The Bertz CT molecular complexity index is 355. The third kappa shape index (κ3) is 1.95. The van der Waals surface area contributed by atoms with Gasteiger partial charge < -0.3 is 9.90 Å². The van der Waals surface area contributed by atoms with Gasteiger partial charge in [-0.3, -0.25) is 4.68 Å². The first-order chi connectivity index (χ1) is 6.43. The predicted molar refractivity (Wildman–Crippen MR) is 50.8 cm³/mol. The van der Waals surface area contributed by atoms with Crippen molar-refractivity contribution in [1.29, 1.82) is 0 Å². The Morgan fingerprint density at radius 3 is 2.43 bits per heavy atom. The molecule has 0 amide bonds. The highest BCUT2D eigenvalue weighted by Gasteiger charge is 2.12. The van der Waals surface area contributed by atoms with E-state index in [4.69, 9.17) is 0 Å². The lowest BCUT2D eigenvalue weighted by molar-refractivity contribution is -0.306. The topological polar surface area (TPSA) is 58.0 Å². The Labute approximate surface area is 83.5 Å². The SMILES string of the molecule is Cc1nn([C@H](C)CC(=O)[O-])c(C)c1C. The lowest BCUT2D eigenvalue weighted by Gasteiger charge is -2.14. The number of nitrogens with zero attached hydrogens (tertiary/aromatic N) is 2. The summed E-state index contributed by atoms with van der Waals surface area (Å²) in [4.78, 5) is 10.4. The molecule has 0 radical (unpaired) electrons. The summed E-state index contributed by atoms with van der Waals surface area (Å²) < 4.78 is 1.75. The molecule has 1 atom stereocenters. The molecular weight excluding hydrogens is 180 g/mol. The van der Waals surface area contributed by atoms with Gasteiger partial charge in [-0.25, -0.2) is 0 Å². The molecular formula is C10H15N2O2-. The maximum absolute atomic E-state index is 10.4. The van der Waals surface area contributed by atoms with Gasteiger partial charge in [-0.1, -0.05) is 0 Å². The summed E-state index contributed by atoms with van der Waals surface area (Å²) in [6, 6.07) is -0.146. The minimum Gasteiger partial charge on any atom is -0.550 e. The predicted octanol–water partition coefficient (Wildman–Crippen LogP) is 0.509. The third-order valence-corrected chi connectivity index (χ3v) is 2.57. The highest BCUT2D eigenvalue weighted by atomic mass is 16.4. The van der Waals surface area contributed by atoms with E-state index in [9.17, 15) is 9.90 Å². The molecule has 14 heavy (non-hydrogen) atoms. The van der Waals surface area contributed by atoms with Crippen LogP contribution < -0.4 is 5.11 Å². The van der Waals surface area contributed by atoms with Crippen molar-refractivity contribution in [2.45, 2.75) is 40.2 Å². The van der Waals surface area contributed by atoms with Crippen molar-refractivity contribution in [1.82, 2.24) is 9.78 Å². The van der Waals surface area contributed by atoms with Gasteiger partial charge in [-0.05, 0) is 33.3 Å². The van der Waals surface area contributed by atoms with Gasteiger partial charge in [0.25, 0.3) is 0 Å². The van der Waals surface area contributed by atoms with E-state index in [1.165, 1.54) is 0 Å². The zero-order valence-corrected chi connectivity index (χ0v) is 9.00. The zero-order valence-electron chi connectivity index (χ0n) is 9.00. The summed E-state index contributed by atoms with van der Waals surface area (Å²) in [6.45, 7) is 7.68. The Morgan fingerprint density at radius 1 is 1.50 bits per heavy atom. The van der Waals surface area contributed by atoms with Crippen LogP contribution in [0.25, 0.3) is 0 Å². The van der Waals surface area contributed by atoms with Gasteiger partial charge in [0.05, 0.1) is 11.7 Å². The van der Waals surface area contributed by atoms with E-state index in [1.807, 2.05) is 27.7 Å². The van der Waals surface area contributed by atoms with Crippen LogP contribution >= 0.6 is 0 Å². The molecule has 1 heterocycles. The van der Waals surface area contributed by atoms with Crippen molar-refractivity contribution < 1.29 is 9.90 Å². The molecule has 0 aliphatic rings. The number of rotatable bonds is 3. The quantitative estimate of drug-likeness (QED) is 0.706. The third-order valence-electron chi connectivity index (χ3n) is 2.57. The van der Waals surface area contributed by atoms with Gasteiger partial charge in [0.1, 0.15) is 0 Å². The standard InChI is InChI=1S/C10H16N2O2/c1-6(5-10(13)14)12-9(4)7(2)8(3)11-12/h6H,5H2,1-4H3,(H,13,14)/p-1/t6-/m1/s1. The fraction of sp³-hybridized carbons (Fsp3) is 0.600. The monoisotopic (exact) mass is 195 g/mol. The summed E-state index contributed by atoms with van der Waals surface area (Å²) in [5.74, 6) is -1.04. The second-order valence-corrected chi connectivity index (χ2v) is 3.67. The van der Waals surface area contributed by atoms with Crippen LogP contribution in [0.2, 0.25) is 0 Å². The molecule has 0 unspecified atom stereocenters. The van der Waals surface area contributed by atoms with Crippen LogP contribution in [0.1, 0.15) is 36.3 Å². The summed E-state index contributed by atoms with van der Waals surface area (Å²) in [5.41, 5.74) is 3.10. The van der Waals surface area contributed by atoms with E-state index in [2.05, 4.69) is 5.10 Å². The Hall–Kier alpha value is -1.32. The molecule has 1 aromatic rings. The highest BCUT2D eigenvalue weighted by molar-refractivity contribution is 5.64. The van der Waals surface area contributed by atoms with E-state index >= 15 is 0 Å². The molecule has 0 aliphatic carbocycles. The van der Waals surface area contributed by atoms with Crippen LogP contribution in [0.5, 0.6) is 0 Å². The van der Waals surface area contributed by atoms with E-state index in [0.29, 0.717) is 0 Å². The molecule has 0 saturated heterocycles. The number of carboxylic acid groups (broad SMARTS) is 1. The zero-order chi connectivity index (χ0) is 10.9. The molecule has 0 N–H and O–H groups in total. The molecule has 1 rings (SSSR count). The summed E-state index contributed by atoms with van der Waals surface area (Å²) in [6.07, 6.45) is 0.00139. The van der Waals surface area contributed by atoms with Crippen molar-refractivity contribution >= 4 is 5.97 Å². The van der Waals surface area contributed by atoms with Crippen molar-refractivity contribution in [2.75, 3.05) is 0 Å². The molecule has 0 aromatic carbocycles. The Balaban J connectivity index is 2.95. The van der Waals surface area contributed by atoms with Crippen molar-refractivity contribution in [3.8, 4) is 0 Å². The van der Waals surface area contributed by atoms with Gasteiger partial charge >= 0.3 is 0 Å². The second-order valence-electron chi connectivity index (χ2n) is 3.67. The lowest BCUT2D eigenvalue weighted by atomic mass is 10.2. The van der Waals surface area contributed by atoms with Crippen molar-refractivity contribution in [3.05, 3.63) is 17.0 Å². The molecule has 0 bridgehead atoms. The van der Waals surface area contributed by atoms with Gasteiger partial charge in [-0.2, -0.15) is 5.10 Å². The molecule has 0 spiro atoms. The van der Waals surface area contributed by atoms with Crippen molar-refractivity contribution in [3.63, 3.8) is 0 Å². The van der Waals surface area contributed by atoms with E-state index in [0.717, 1.165) is 17.0 Å². The van der Waals surface area contributed by atoms with E-state index < -0.39 is 5.97 Å². The lowest BCUT2D eigenvalue weighted by Crippen LogP contribution is -2.26. The fourth-order valence-corrected chi connectivity index (χ4v) is 1.50. The smallest absolute Gasteiger partial charge is 0.0625 e. The minimum atomic E-state index is -1.04. The normalized spacial score (nSPS) is 12.9. The van der Waals surface area contributed by atoms with Gasteiger partial charge in [0, 0.05) is 18.1 Å². The molecule has 1 aromatic heterocycles. The summed E-state index contributed by atoms with van der Waals surface area (Å²) in [7, 11) is 0. The van der Waals surface area contributed by atoms with Gasteiger partial charge in [-0.15, -0.1) is 0 Å². The maximum Gasteiger partial charge on any atom is 0.0625 e. The first-order valence-electron chi connectivity index (χ1n) is 4.65. The van der Waals surface area contributed by atoms with Crippen LogP contribution in [0.3, 0.4) is 0 Å². The van der Waals surface area contributed by atoms with Crippen LogP contribution in [0, 0.1) is 20.8 Å². The average molecular weight is 195 g/mol. The number of hydrogen-bond acceptors (Lipinski definition) is 3. The molecule has 4 nitrogen and oxygen atoms in total.